The van der Waals surface area contributed by atoms with E-state index in [9.17, 15) is 9.59 Å². The molecule has 0 bridgehead atoms. The van der Waals surface area contributed by atoms with Crippen molar-refractivity contribution in [2.24, 2.45) is 5.10 Å². The van der Waals surface area contributed by atoms with Gasteiger partial charge in [-0.1, -0.05) is 41.9 Å². The summed E-state index contributed by atoms with van der Waals surface area (Å²) in [4.78, 5) is 25.2. The Morgan fingerprint density at radius 1 is 0.912 bits per heavy atom. The minimum Gasteiger partial charge on any atom is -0.454 e. The largest absolute Gasteiger partial charge is 0.454 e. The van der Waals surface area contributed by atoms with Gasteiger partial charge >= 0.3 is 5.97 Å². The highest BCUT2D eigenvalue weighted by molar-refractivity contribution is 6.30. The van der Waals surface area contributed by atoms with Crippen molar-refractivity contribution >= 4 is 40.5 Å². The molecule has 1 amide bonds. The number of rotatable bonds is 5. The zero-order chi connectivity index (χ0) is 23.5. The molecule has 0 atom stereocenters. The second kappa shape index (κ2) is 9.25. The Morgan fingerprint density at radius 3 is 2.53 bits per heavy atom. The molecule has 7 nitrogen and oxygen atoms in total. The van der Waals surface area contributed by atoms with Crippen LogP contribution in [0.25, 0.3) is 10.8 Å². The predicted molar refractivity (Wildman–Crippen MR) is 128 cm³/mol. The second-order valence-electron chi connectivity index (χ2n) is 7.36. The van der Waals surface area contributed by atoms with Gasteiger partial charge in [0.2, 0.25) is 6.79 Å². The maximum atomic E-state index is 12.7. The van der Waals surface area contributed by atoms with Gasteiger partial charge in [-0.15, -0.1) is 0 Å². The van der Waals surface area contributed by atoms with Gasteiger partial charge in [-0.2, -0.15) is 5.10 Å². The lowest BCUT2D eigenvalue weighted by Gasteiger charge is -2.10. The summed E-state index contributed by atoms with van der Waals surface area (Å²) in [6.07, 6.45) is 1.46. The van der Waals surface area contributed by atoms with E-state index in [0.29, 0.717) is 39.0 Å². The third-order valence-electron chi connectivity index (χ3n) is 5.21. The molecule has 1 aliphatic rings. The summed E-state index contributed by atoms with van der Waals surface area (Å²) in [5.74, 6) is 0.435. The third kappa shape index (κ3) is 4.42. The Labute approximate surface area is 199 Å². The summed E-state index contributed by atoms with van der Waals surface area (Å²) in [6, 6.07) is 22.4. The number of fused-ring (bicyclic) bond motifs is 2. The van der Waals surface area contributed by atoms with Gasteiger partial charge in [-0.25, -0.2) is 10.2 Å². The zero-order valence-corrected chi connectivity index (χ0v) is 18.4. The van der Waals surface area contributed by atoms with Gasteiger partial charge in [0.15, 0.2) is 11.5 Å². The van der Waals surface area contributed by atoms with Crippen LogP contribution in [0.5, 0.6) is 17.2 Å². The molecule has 0 saturated heterocycles. The standard InChI is InChI=1S/C26H17ClN2O5/c27-19-9-5-17(6-10-19)26(31)34-22-11-7-16-3-1-2-4-20(16)21(22)14-28-29-25(30)18-8-12-23-24(13-18)33-15-32-23/h1-14H,15H2,(H,29,30). The molecular formula is C26H17ClN2O5. The topological polar surface area (TPSA) is 86.2 Å². The Morgan fingerprint density at radius 2 is 1.68 bits per heavy atom. The van der Waals surface area contributed by atoms with Gasteiger partial charge < -0.3 is 14.2 Å². The first kappa shape index (κ1) is 21.5. The normalized spacial score (nSPS) is 12.1. The number of hydrazone groups is 1. The van der Waals surface area contributed by atoms with E-state index in [1.807, 2.05) is 30.3 Å². The van der Waals surface area contributed by atoms with Crippen molar-refractivity contribution in [2.45, 2.75) is 0 Å². The van der Waals surface area contributed by atoms with E-state index in [-0.39, 0.29) is 6.79 Å². The molecule has 1 aliphatic heterocycles. The number of hydrogen-bond donors (Lipinski definition) is 1. The summed E-state index contributed by atoms with van der Waals surface area (Å²) >= 11 is 5.90. The van der Waals surface area contributed by atoms with Crippen LogP contribution in [0.4, 0.5) is 0 Å². The average molecular weight is 473 g/mol. The maximum absolute atomic E-state index is 12.7. The molecule has 1 heterocycles. The highest BCUT2D eigenvalue weighted by Crippen LogP contribution is 2.32. The minimum absolute atomic E-state index is 0.122. The number of halogens is 1. The van der Waals surface area contributed by atoms with Crippen molar-refractivity contribution in [3.63, 3.8) is 0 Å². The summed E-state index contributed by atoms with van der Waals surface area (Å²) in [5, 5.41) is 6.37. The Bertz CT molecular complexity index is 1430. The number of carbonyl (C=O) groups excluding carboxylic acids is 2. The highest BCUT2D eigenvalue weighted by atomic mass is 35.5. The van der Waals surface area contributed by atoms with Crippen molar-refractivity contribution in [3.05, 3.63) is 101 Å². The van der Waals surface area contributed by atoms with Crippen LogP contribution < -0.4 is 19.6 Å². The summed E-state index contributed by atoms with van der Waals surface area (Å²) in [7, 11) is 0. The van der Waals surface area contributed by atoms with Gasteiger partial charge in [-0.05, 0) is 59.3 Å². The number of amides is 1. The number of carbonyl (C=O) groups is 2. The molecule has 0 fully saturated rings. The average Bonchev–Trinajstić information content (AvgIpc) is 3.33. The smallest absolute Gasteiger partial charge is 0.343 e. The van der Waals surface area contributed by atoms with Crippen LogP contribution in [0, 0.1) is 0 Å². The lowest BCUT2D eigenvalue weighted by atomic mass is 10.0. The molecule has 8 heteroatoms. The van der Waals surface area contributed by atoms with Gasteiger partial charge in [0, 0.05) is 16.1 Å². The Kier molecular flexibility index (Phi) is 5.84. The fourth-order valence-corrected chi connectivity index (χ4v) is 3.63. The van der Waals surface area contributed by atoms with E-state index in [0.717, 1.165) is 10.8 Å². The second-order valence-corrected chi connectivity index (χ2v) is 7.80. The van der Waals surface area contributed by atoms with Crippen molar-refractivity contribution in [1.29, 1.82) is 0 Å². The first-order valence-electron chi connectivity index (χ1n) is 10.3. The molecule has 0 radical (unpaired) electrons. The number of ether oxygens (including phenoxy) is 3. The number of esters is 1. The van der Waals surface area contributed by atoms with E-state index in [2.05, 4.69) is 10.5 Å². The third-order valence-corrected chi connectivity index (χ3v) is 5.46. The number of hydrogen-bond acceptors (Lipinski definition) is 6. The van der Waals surface area contributed by atoms with E-state index in [1.165, 1.54) is 6.21 Å². The molecule has 0 aliphatic carbocycles. The SMILES string of the molecule is O=C(NN=Cc1c(OC(=O)c2ccc(Cl)cc2)ccc2ccccc12)c1ccc2c(c1)OCO2. The number of nitrogens with zero attached hydrogens (tertiary/aromatic N) is 1. The highest BCUT2D eigenvalue weighted by Gasteiger charge is 2.17. The van der Waals surface area contributed by atoms with Crippen LogP contribution in [-0.2, 0) is 0 Å². The van der Waals surface area contributed by atoms with E-state index >= 15 is 0 Å². The molecule has 5 rings (SSSR count). The van der Waals surface area contributed by atoms with Crippen LogP contribution >= 0.6 is 11.6 Å². The van der Waals surface area contributed by atoms with Gasteiger partial charge in [-0.3, -0.25) is 4.79 Å². The lowest BCUT2D eigenvalue weighted by molar-refractivity contribution is 0.0734. The summed E-state index contributed by atoms with van der Waals surface area (Å²) in [5.41, 5.74) is 3.78. The van der Waals surface area contributed by atoms with Gasteiger partial charge in [0.1, 0.15) is 5.75 Å². The first-order chi connectivity index (χ1) is 16.6. The minimum atomic E-state index is -0.536. The maximum Gasteiger partial charge on any atom is 0.343 e. The quantitative estimate of drug-likeness (QED) is 0.186. The molecule has 0 aromatic heterocycles. The van der Waals surface area contributed by atoms with Crippen molar-refractivity contribution in [3.8, 4) is 17.2 Å². The van der Waals surface area contributed by atoms with Crippen molar-refractivity contribution in [1.82, 2.24) is 5.43 Å². The molecule has 4 aromatic carbocycles. The molecule has 0 unspecified atom stereocenters. The fraction of sp³-hybridized carbons (Fsp3) is 0.0385. The Hall–Kier alpha value is -4.36. The van der Waals surface area contributed by atoms with Gasteiger partial charge in [0.05, 0.1) is 11.8 Å². The summed E-state index contributed by atoms with van der Waals surface area (Å²) in [6.45, 7) is 0.122. The monoisotopic (exact) mass is 472 g/mol. The van der Waals surface area contributed by atoms with E-state index < -0.39 is 11.9 Å². The van der Waals surface area contributed by atoms with Crippen LogP contribution in [0.15, 0.2) is 84.0 Å². The van der Waals surface area contributed by atoms with Crippen LogP contribution in [0.3, 0.4) is 0 Å². The zero-order valence-electron chi connectivity index (χ0n) is 17.7. The van der Waals surface area contributed by atoms with Crippen LogP contribution in [0.1, 0.15) is 26.3 Å². The summed E-state index contributed by atoms with van der Waals surface area (Å²) < 4.78 is 16.2. The molecule has 4 aromatic rings. The number of benzene rings is 4. The number of nitrogens with one attached hydrogen (secondary N) is 1. The first-order valence-corrected chi connectivity index (χ1v) is 10.7. The van der Waals surface area contributed by atoms with Crippen molar-refractivity contribution < 1.29 is 23.8 Å². The molecule has 1 N–H and O–H groups in total. The van der Waals surface area contributed by atoms with E-state index in [4.69, 9.17) is 25.8 Å². The van der Waals surface area contributed by atoms with Crippen LogP contribution in [-0.4, -0.2) is 24.9 Å². The molecular weight excluding hydrogens is 456 g/mol. The Balaban J connectivity index is 1.40. The van der Waals surface area contributed by atoms with Crippen molar-refractivity contribution in [2.75, 3.05) is 6.79 Å². The molecule has 34 heavy (non-hydrogen) atoms. The predicted octanol–water partition coefficient (Wildman–Crippen LogP) is 5.21. The molecule has 0 saturated carbocycles. The van der Waals surface area contributed by atoms with Crippen LogP contribution in [0.2, 0.25) is 5.02 Å². The molecule has 168 valence electrons. The fourth-order valence-electron chi connectivity index (χ4n) is 3.50. The van der Waals surface area contributed by atoms with Gasteiger partial charge in [0.25, 0.3) is 5.91 Å². The lowest BCUT2D eigenvalue weighted by Crippen LogP contribution is -2.17. The van der Waals surface area contributed by atoms with E-state index in [1.54, 1.807) is 48.5 Å². The molecule has 0 spiro atoms.